The number of aromatic nitrogens is 3. The lowest BCUT2D eigenvalue weighted by Gasteiger charge is -2.16. The van der Waals surface area contributed by atoms with Crippen LogP contribution < -0.4 is 20.7 Å². The van der Waals surface area contributed by atoms with Crippen molar-refractivity contribution in [1.82, 2.24) is 15.0 Å². The van der Waals surface area contributed by atoms with Crippen LogP contribution in [0.1, 0.15) is 6.92 Å². The molecule has 1 aromatic rings. The number of nitrogen functional groups attached to an aromatic ring is 1. The van der Waals surface area contributed by atoms with Crippen LogP contribution in [-0.4, -0.2) is 34.3 Å². The second kappa shape index (κ2) is 4.99. The van der Waals surface area contributed by atoms with Crippen molar-refractivity contribution in [2.24, 2.45) is 5.84 Å². The van der Waals surface area contributed by atoms with E-state index in [1.165, 1.54) is 7.11 Å². The second-order valence-electron chi connectivity index (χ2n) is 2.87. The molecule has 0 saturated heterocycles. The van der Waals surface area contributed by atoms with Crippen molar-refractivity contribution in [2.75, 3.05) is 12.5 Å². The number of alkyl halides is 3. The maximum Gasteiger partial charge on any atom is 0.425 e. The van der Waals surface area contributed by atoms with Crippen molar-refractivity contribution in [3.05, 3.63) is 0 Å². The monoisotopic (exact) mass is 253 g/mol. The Bertz CT molecular complexity index is 364. The second-order valence-corrected chi connectivity index (χ2v) is 2.87. The van der Waals surface area contributed by atoms with Crippen molar-refractivity contribution in [2.45, 2.75) is 19.2 Å². The van der Waals surface area contributed by atoms with Crippen molar-refractivity contribution in [3.63, 3.8) is 0 Å². The van der Waals surface area contributed by atoms with Crippen LogP contribution in [0.4, 0.5) is 19.1 Å². The first-order valence-corrected chi connectivity index (χ1v) is 4.37. The zero-order valence-corrected chi connectivity index (χ0v) is 8.95. The van der Waals surface area contributed by atoms with Gasteiger partial charge in [-0.2, -0.15) is 23.1 Å². The van der Waals surface area contributed by atoms with Crippen LogP contribution in [0.2, 0.25) is 0 Å². The Morgan fingerprint density at radius 2 is 1.82 bits per heavy atom. The van der Waals surface area contributed by atoms with E-state index in [2.05, 4.69) is 29.9 Å². The topological polar surface area (TPSA) is 95.2 Å². The highest BCUT2D eigenvalue weighted by Gasteiger charge is 2.38. The molecule has 17 heavy (non-hydrogen) atoms. The van der Waals surface area contributed by atoms with Gasteiger partial charge < -0.3 is 9.47 Å². The predicted molar refractivity (Wildman–Crippen MR) is 50.3 cm³/mol. The Morgan fingerprint density at radius 1 is 1.24 bits per heavy atom. The number of hydrogen-bond acceptors (Lipinski definition) is 7. The Morgan fingerprint density at radius 3 is 2.29 bits per heavy atom. The largest absolute Gasteiger partial charge is 0.467 e. The van der Waals surface area contributed by atoms with Gasteiger partial charge in [-0.1, -0.05) is 0 Å². The molecule has 0 fully saturated rings. The van der Waals surface area contributed by atoms with E-state index < -0.39 is 18.3 Å². The molecule has 0 radical (unpaired) electrons. The molecule has 1 rings (SSSR count). The smallest absolute Gasteiger partial charge is 0.425 e. The lowest BCUT2D eigenvalue weighted by atomic mass is 10.4. The van der Waals surface area contributed by atoms with E-state index in [9.17, 15) is 13.2 Å². The molecular weight excluding hydrogens is 243 g/mol. The molecule has 0 spiro atoms. The first-order chi connectivity index (χ1) is 7.86. The fourth-order valence-corrected chi connectivity index (χ4v) is 0.771. The minimum Gasteiger partial charge on any atom is -0.467 e. The number of nitrogens with one attached hydrogen (secondary N) is 1. The number of ether oxygens (including phenoxy) is 2. The molecule has 1 atom stereocenters. The summed E-state index contributed by atoms with van der Waals surface area (Å²) in [5.41, 5.74) is 2.05. The lowest BCUT2D eigenvalue weighted by Crippen LogP contribution is -2.32. The fraction of sp³-hybridized carbons (Fsp3) is 0.571. The van der Waals surface area contributed by atoms with Crippen LogP contribution in [0, 0.1) is 0 Å². The van der Waals surface area contributed by atoms with E-state index in [0.29, 0.717) is 0 Å². The van der Waals surface area contributed by atoms with Crippen molar-refractivity contribution < 1.29 is 22.6 Å². The van der Waals surface area contributed by atoms with Crippen LogP contribution in [-0.2, 0) is 0 Å². The van der Waals surface area contributed by atoms with Gasteiger partial charge in [0.05, 0.1) is 7.11 Å². The number of nitrogens with two attached hydrogens (primary N) is 1. The molecule has 3 N–H and O–H groups in total. The van der Waals surface area contributed by atoms with Crippen LogP contribution in [0.15, 0.2) is 0 Å². The average molecular weight is 253 g/mol. The quantitative estimate of drug-likeness (QED) is 0.595. The molecular formula is C7H10F3N5O2. The Labute approximate surface area is 94.1 Å². The van der Waals surface area contributed by atoms with Crippen LogP contribution in [0.3, 0.4) is 0 Å². The molecule has 0 aliphatic rings. The number of rotatable bonds is 4. The van der Waals surface area contributed by atoms with E-state index in [1.54, 1.807) is 0 Å². The molecule has 0 bridgehead atoms. The van der Waals surface area contributed by atoms with Crippen LogP contribution in [0.5, 0.6) is 12.0 Å². The summed E-state index contributed by atoms with van der Waals surface area (Å²) in [5.74, 6) is 4.86. The summed E-state index contributed by atoms with van der Waals surface area (Å²) in [6.07, 6.45) is -6.57. The van der Waals surface area contributed by atoms with Crippen LogP contribution in [0.25, 0.3) is 0 Å². The van der Waals surface area contributed by atoms with Crippen LogP contribution >= 0.6 is 0 Å². The zero-order valence-electron chi connectivity index (χ0n) is 8.95. The van der Waals surface area contributed by atoms with Gasteiger partial charge in [-0.05, 0) is 6.92 Å². The van der Waals surface area contributed by atoms with E-state index in [0.717, 1.165) is 6.92 Å². The first kappa shape index (κ1) is 13.2. The van der Waals surface area contributed by atoms with Gasteiger partial charge in [0.25, 0.3) is 0 Å². The molecule has 1 heterocycles. The third-order valence-corrected chi connectivity index (χ3v) is 1.65. The number of nitrogens with zero attached hydrogens (tertiary/aromatic N) is 3. The zero-order chi connectivity index (χ0) is 13.1. The molecule has 1 unspecified atom stereocenters. The molecule has 0 aliphatic carbocycles. The maximum absolute atomic E-state index is 12.2. The van der Waals surface area contributed by atoms with Gasteiger partial charge in [-0.3, -0.25) is 5.43 Å². The fourth-order valence-electron chi connectivity index (χ4n) is 0.771. The molecule has 0 aromatic carbocycles. The van der Waals surface area contributed by atoms with E-state index in [4.69, 9.17) is 5.84 Å². The molecule has 0 amide bonds. The van der Waals surface area contributed by atoms with Gasteiger partial charge in [0.1, 0.15) is 0 Å². The third kappa shape index (κ3) is 3.59. The molecule has 0 saturated carbocycles. The molecule has 7 nitrogen and oxygen atoms in total. The number of halogens is 3. The van der Waals surface area contributed by atoms with E-state index in [1.807, 2.05) is 0 Å². The summed E-state index contributed by atoms with van der Waals surface area (Å²) in [6.45, 7) is 0.825. The van der Waals surface area contributed by atoms with Crippen molar-refractivity contribution in [3.8, 4) is 12.0 Å². The van der Waals surface area contributed by atoms with Gasteiger partial charge >= 0.3 is 18.2 Å². The normalized spacial score (nSPS) is 13.1. The average Bonchev–Trinajstić information content (AvgIpc) is 2.27. The maximum atomic E-state index is 12.2. The summed E-state index contributed by atoms with van der Waals surface area (Å²) < 4.78 is 45.8. The molecule has 0 aliphatic heterocycles. The summed E-state index contributed by atoms with van der Waals surface area (Å²) >= 11 is 0. The highest BCUT2D eigenvalue weighted by atomic mass is 19.4. The van der Waals surface area contributed by atoms with Gasteiger partial charge in [-0.15, -0.1) is 4.98 Å². The molecule has 96 valence electrons. The van der Waals surface area contributed by atoms with Gasteiger partial charge in [-0.25, -0.2) is 5.84 Å². The highest BCUT2D eigenvalue weighted by Crippen LogP contribution is 2.24. The minimum atomic E-state index is -4.52. The first-order valence-electron chi connectivity index (χ1n) is 4.37. The summed E-state index contributed by atoms with van der Waals surface area (Å²) in [4.78, 5) is 10.6. The highest BCUT2D eigenvalue weighted by molar-refractivity contribution is 5.25. The SMILES string of the molecule is COc1nc(NN)nc(OC(C)C(F)(F)F)n1. The third-order valence-electron chi connectivity index (χ3n) is 1.65. The molecule has 10 heteroatoms. The Balaban J connectivity index is 2.90. The van der Waals surface area contributed by atoms with Crippen molar-refractivity contribution >= 4 is 5.95 Å². The number of hydrogen-bond donors (Lipinski definition) is 2. The standard InChI is InChI=1S/C7H10F3N5O2/c1-3(7(8,9)10)17-6-13-4(15-11)12-5(14-6)16-2/h3H,11H2,1-2H3,(H,12,13,14,15). The van der Waals surface area contributed by atoms with Gasteiger partial charge in [0.2, 0.25) is 5.95 Å². The van der Waals surface area contributed by atoms with Crippen molar-refractivity contribution in [1.29, 1.82) is 0 Å². The Hall–Kier alpha value is -1.84. The Kier molecular flexibility index (Phi) is 3.89. The van der Waals surface area contributed by atoms with E-state index in [-0.39, 0.29) is 12.0 Å². The summed E-state index contributed by atoms with van der Waals surface area (Å²) in [5, 5.41) is 0. The predicted octanol–water partition coefficient (Wildman–Crippen LogP) is 0.495. The minimum absolute atomic E-state index is 0.166. The lowest BCUT2D eigenvalue weighted by molar-refractivity contribution is -0.190. The number of methoxy groups -OCH3 is 1. The summed E-state index contributed by atoms with van der Waals surface area (Å²) in [6, 6.07) is -0.744. The van der Waals surface area contributed by atoms with Gasteiger partial charge in [0.15, 0.2) is 6.10 Å². The summed E-state index contributed by atoms with van der Waals surface area (Å²) in [7, 11) is 1.24. The van der Waals surface area contributed by atoms with E-state index >= 15 is 0 Å². The molecule has 1 aromatic heterocycles. The van der Waals surface area contributed by atoms with Gasteiger partial charge in [0, 0.05) is 0 Å². The number of hydrazine groups is 1. The number of anilines is 1.